The first-order chi connectivity index (χ1) is 13.6. The Balaban J connectivity index is 1.30. The number of carbonyl (C=O) groups excluding carboxylic acids is 1. The lowest BCUT2D eigenvalue weighted by Gasteiger charge is -2.38. The van der Waals surface area contributed by atoms with Crippen LogP contribution in [0.3, 0.4) is 0 Å². The van der Waals surface area contributed by atoms with E-state index in [2.05, 4.69) is 35.2 Å². The topological polar surface area (TPSA) is 38.8 Å². The maximum Gasteiger partial charge on any atom is 0.347 e. The van der Waals surface area contributed by atoms with Crippen LogP contribution in [0.4, 0.5) is 0 Å². The van der Waals surface area contributed by atoms with Gasteiger partial charge in [-0.15, -0.1) is 0 Å². The summed E-state index contributed by atoms with van der Waals surface area (Å²) in [5.74, 6) is 0.322. The van der Waals surface area contributed by atoms with Gasteiger partial charge in [0, 0.05) is 36.5 Å². The van der Waals surface area contributed by atoms with Gasteiger partial charge in [-0.25, -0.2) is 4.79 Å². The van der Waals surface area contributed by atoms with E-state index in [0.717, 1.165) is 19.4 Å². The van der Waals surface area contributed by atoms with E-state index in [9.17, 15) is 4.79 Å². The molecular weight excluding hydrogens is 374 g/mol. The van der Waals surface area contributed by atoms with E-state index in [1.807, 2.05) is 0 Å². The van der Waals surface area contributed by atoms with Crippen molar-refractivity contribution in [3.8, 4) is 5.75 Å². The lowest BCUT2D eigenvalue weighted by atomic mass is 9.98. The smallest absolute Gasteiger partial charge is 0.347 e. The van der Waals surface area contributed by atoms with Gasteiger partial charge in [-0.1, -0.05) is 41.9 Å². The first kappa shape index (κ1) is 19.3. The lowest BCUT2D eigenvalue weighted by Crippen LogP contribution is -2.46. The lowest BCUT2D eigenvalue weighted by molar-refractivity contribution is -0.160. The quantitative estimate of drug-likeness (QED) is 0.651. The number of nitrogens with zero attached hydrogens (tertiary/aromatic N) is 1. The van der Waals surface area contributed by atoms with Crippen LogP contribution in [0.15, 0.2) is 54.6 Å². The largest absolute Gasteiger partial charge is 0.479 e. The number of halogens is 1. The fourth-order valence-corrected chi connectivity index (χ4v) is 4.52. The summed E-state index contributed by atoms with van der Waals surface area (Å²) in [5.41, 5.74) is 1.35. The van der Waals surface area contributed by atoms with E-state index in [0.29, 0.717) is 22.9 Å². The number of benzene rings is 2. The van der Waals surface area contributed by atoms with E-state index < -0.39 is 6.10 Å². The Kier molecular flexibility index (Phi) is 5.88. The maximum atomic E-state index is 12.5. The Morgan fingerprint density at radius 2 is 1.71 bits per heavy atom. The summed E-state index contributed by atoms with van der Waals surface area (Å²) in [5, 5.41) is 0.639. The highest BCUT2D eigenvalue weighted by atomic mass is 35.5. The molecule has 4 nitrogen and oxygen atoms in total. The predicted molar refractivity (Wildman–Crippen MR) is 109 cm³/mol. The molecule has 2 aliphatic rings. The molecule has 2 aliphatic heterocycles. The van der Waals surface area contributed by atoms with E-state index in [4.69, 9.17) is 21.1 Å². The number of rotatable bonds is 6. The summed E-state index contributed by atoms with van der Waals surface area (Å²) in [7, 11) is 0. The zero-order chi connectivity index (χ0) is 19.5. The van der Waals surface area contributed by atoms with Crippen LogP contribution in [-0.4, -0.2) is 35.2 Å². The monoisotopic (exact) mass is 399 g/mol. The van der Waals surface area contributed by atoms with Crippen molar-refractivity contribution in [2.24, 2.45) is 0 Å². The van der Waals surface area contributed by atoms with Crippen molar-refractivity contribution in [3.05, 3.63) is 65.2 Å². The molecule has 0 aliphatic carbocycles. The third-order valence-electron chi connectivity index (χ3n) is 5.79. The Bertz CT molecular complexity index is 781. The van der Waals surface area contributed by atoms with Gasteiger partial charge in [0.15, 0.2) is 6.10 Å². The molecule has 2 bridgehead atoms. The second-order valence-corrected chi connectivity index (χ2v) is 8.22. The van der Waals surface area contributed by atoms with Gasteiger partial charge in [-0.05, 0) is 49.6 Å². The molecule has 2 fully saturated rings. The zero-order valence-corrected chi connectivity index (χ0v) is 16.8. The van der Waals surface area contributed by atoms with E-state index in [-0.39, 0.29) is 12.1 Å². The van der Waals surface area contributed by atoms with Crippen molar-refractivity contribution in [1.29, 1.82) is 0 Å². The van der Waals surface area contributed by atoms with E-state index in [1.54, 1.807) is 31.2 Å². The number of hydrogen-bond acceptors (Lipinski definition) is 4. The molecule has 148 valence electrons. The minimum atomic E-state index is -0.638. The molecule has 2 saturated heterocycles. The van der Waals surface area contributed by atoms with Gasteiger partial charge in [0.05, 0.1) is 0 Å². The molecular formula is C23H26ClNO3. The number of ether oxygens (including phenoxy) is 2. The van der Waals surface area contributed by atoms with Gasteiger partial charge in [-0.2, -0.15) is 0 Å². The molecule has 0 spiro atoms. The average molecular weight is 400 g/mol. The molecule has 28 heavy (non-hydrogen) atoms. The molecule has 2 unspecified atom stereocenters. The summed E-state index contributed by atoms with van der Waals surface area (Å²) in [4.78, 5) is 15.1. The molecule has 0 aromatic heterocycles. The highest BCUT2D eigenvalue weighted by Gasteiger charge is 2.42. The molecule has 0 saturated carbocycles. The van der Waals surface area contributed by atoms with Crippen molar-refractivity contribution < 1.29 is 14.3 Å². The molecule has 4 atom stereocenters. The number of piperidine rings is 1. The first-order valence-electron chi connectivity index (χ1n) is 10.0. The standard InChI is InChI=1S/C23H26ClNO3/c1-16(27-21-11-7-18(24)8-12-21)23(26)28-22-13-19-9-10-20(14-22)25(19)15-17-5-3-2-4-6-17/h2-8,11-12,16,19-20,22H,9-10,13-15H2,1H3/t16?,19-,20+,22?. The van der Waals surface area contributed by atoms with E-state index >= 15 is 0 Å². The van der Waals surface area contributed by atoms with Crippen LogP contribution in [0.25, 0.3) is 0 Å². The van der Waals surface area contributed by atoms with Gasteiger partial charge in [0.25, 0.3) is 0 Å². The number of esters is 1. The fourth-order valence-electron chi connectivity index (χ4n) is 4.40. The molecule has 2 aromatic carbocycles. The number of hydrogen-bond donors (Lipinski definition) is 0. The molecule has 0 N–H and O–H groups in total. The van der Waals surface area contributed by atoms with Gasteiger partial charge >= 0.3 is 5.97 Å². The number of fused-ring (bicyclic) bond motifs is 2. The number of carbonyl (C=O) groups is 1. The third kappa shape index (κ3) is 4.50. The molecule has 4 rings (SSSR count). The molecule has 0 amide bonds. The zero-order valence-electron chi connectivity index (χ0n) is 16.1. The van der Waals surface area contributed by atoms with Gasteiger partial charge < -0.3 is 9.47 Å². The van der Waals surface area contributed by atoms with Crippen molar-refractivity contribution >= 4 is 17.6 Å². The van der Waals surface area contributed by atoms with Gasteiger partial charge in [-0.3, -0.25) is 4.90 Å². The van der Waals surface area contributed by atoms with Gasteiger partial charge in [0.2, 0.25) is 0 Å². The van der Waals surface area contributed by atoms with Crippen LogP contribution < -0.4 is 4.74 Å². The fraction of sp³-hybridized carbons (Fsp3) is 0.435. The second kappa shape index (κ2) is 8.54. The Hall–Kier alpha value is -2.04. The van der Waals surface area contributed by atoms with Crippen molar-refractivity contribution in [1.82, 2.24) is 4.90 Å². The predicted octanol–water partition coefficient (Wildman–Crippen LogP) is 4.85. The van der Waals surface area contributed by atoms with Crippen molar-refractivity contribution in [3.63, 3.8) is 0 Å². The highest BCUT2D eigenvalue weighted by Crippen LogP contribution is 2.38. The molecule has 2 heterocycles. The molecule has 0 radical (unpaired) electrons. The minimum Gasteiger partial charge on any atom is -0.479 e. The van der Waals surface area contributed by atoms with Crippen LogP contribution in [0.2, 0.25) is 5.02 Å². The summed E-state index contributed by atoms with van der Waals surface area (Å²) < 4.78 is 11.5. The van der Waals surface area contributed by atoms with Crippen LogP contribution in [-0.2, 0) is 16.1 Å². The van der Waals surface area contributed by atoms with E-state index in [1.165, 1.54) is 18.4 Å². The highest BCUT2D eigenvalue weighted by molar-refractivity contribution is 6.30. The van der Waals surface area contributed by atoms with Crippen LogP contribution in [0.1, 0.15) is 38.2 Å². The van der Waals surface area contributed by atoms with Crippen molar-refractivity contribution in [2.45, 2.75) is 63.4 Å². The summed E-state index contributed by atoms with van der Waals surface area (Å²) in [6.07, 6.45) is 3.52. The summed E-state index contributed by atoms with van der Waals surface area (Å²) in [6, 6.07) is 18.6. The SMILES string of the molecule is CC(Oc1ccc(Cl)cc1)C(=O)OC1C[C@H]2CC[C@@H](C1)N2Cc1ccccc1. The van der Waals surface area contributed by atoms with Crippen molar-refractivity contribution in [2.75, 3.05) is 0 Å². The summed E-state index contributed by atoms with van der Waals surface area (Å²) >= 11 is 5.88. The third-order valence-corrected chi connectivity index (χ3v) is 6.04. The maximum absolute atomic E-state index is 12.5. The Morgan fingerprint density at radius 3 is 2.36 bits per heavy atom. The van der Waals surface area contributed by atoms with Crippen LogP contribution >= 0.6 is 11.6 Å². The first-order valence-corrected chi connectivity index (χ1v) is 10.4. The minimum absolute atomic E-state index is 0.0201. The Morgan fingerprint density at radius 1 is 1.07 bits per heavy atom. The van der Waals surface area contributed by atoms with Crippen LogP contribution in [0, 0.1) is 0 Å². The summed E-state index contributed by atoms with van der Waals surface area (Å²) in [6.45, 7) is 2.71. The second-order valence-electron chi connectivity index (χ2n) is 7.79. The normalized spacial score (nSPS) is 25.3. The molecule has 2 aromatic rings. The molecule has 5 heteroatoms. The van der Waals surface area contributed by atoms with Crippen LogP contribution in [0.5, 0.6) is 5.75 Å². The average Bonchev–Trinajstić information content (AvgIpc) is 2.93. The Labute approximate surface area is 171 Å². The van der Waals surface area contributed by atoms with Gasteiger partial charge in [0.1, 0.15) is 11.9 Å².